The molecule has 2 aromatic carbocycles. The normalized spacial score (nSPS) is 13.5. The molecule has 1 aliphatic rings. The lowest BCUT2D eigenvalue weighted by Crippen LogP contribution is -2.34. The van der Waals surface area contributed by atoms with Crippen molar-refractivity contribution in [2.75, 3.05) is 16.9 Å². The number of rotatable bonds is 9. The van der Waals surface area contributed by atoms with E-state index < -0.39 is 16.9 Å². The summed E-state index contributed by atoms with van der Waals surface area (Å²) in [5.74, 6) is 0.529. The molecule has 1 aromatic heterocycles. The number of aromatic nitrogens is 2. The van der Waals surface area contributed by atoms with Gasteiger partial charge in [-0.2, -0.15) is 0 Å². The average Bonchev–Trinajstić information content (AvgIpc) is 3.65. The van der Waals surface area contributed by atoms with Crippen molar-refractivity contribution >= 4 is 35.1 Å². The van der Waals surface area contributed by atoms with E-state index in [0.29, 0.717) is 11.6 Å². The Morgan fingerprint density at radius 1 is 1.29 bits per heavy atom. The molecular weight excluding hydrogens is 487 g/mol. The van der Waals surface area contributed by atoms with Gasteiger partial charge in [0.2, 0.25) is 0 Å². The summed E-state index contributed by atoms with van der Waals surface area (Å²) in [6, 6.07) is 10.8. The topological polar surface area (TPSA) is 76.0 Å². The third-order valence-electron chi connectivity index (χ3n) is 5.92. The number of nitrogens with zero attached hydrogens (tertiary/aromatic N) is 2. The Morgan fingerprint density at radius 2 is 2.03 bits per heavy atom. The van der Waals surface area contributed by atoms with E-state index >= 15 is 0 Å². The highest BCUT2D eigenvalue weighted by Gasteiger charge is 2.27. The molecule has 0 unspecified atom stereocenters. The van der Waals surface area contributed by atoms with Crippen LogP contribution < -0.4 is 16.2 Å². The minimum Gasteiger partial charge on any atom is -0.356 e. The van der Waals surface area contributed by atoms with Crippen LogP contribution in [0.5, 0.6) is 0 Å². The summed E-state index contributed by atoms with van der Waals surface area (Å²) in [5.41, 5.74) is 0.694. The molecule has 0 aliphatic heterocycles. The number of carbonyl (C=O) groups is 1. The van der Waals surface area contributed by atoms with Gasteiger partial charge in [0.15, 0.2) is 5.82 Å². The molecule has 1 heterocycles. The van der Waals surface area contributed by atoms with Gasteiger partial charge in [-0.3, -0.25) is 14.2 Å². The Labute approximate surface area is 213 Å². The summed E-state index contributed by atoms with van der Waals surface area (Å²) >= 11 is 7.53. The summed E-state index contributed by atoms with van der Waals surface area (Å²) < 4.78 is 16.1. The molecule has 1 fully saturated rings. The molecule has 3 aromatic rings. The molecule has 0 saturated heterocycles. The maximum atomic E-state index is 14.8. The summed E-state index contributed by atoms with van der Waals surface area (Å²) in [5, 5.41) is 6.13. The summed E-state index contributed by atoms with van der Waals surface area (Å²) in [7, 11) is 0. The molecular formula is C26H28ClFN4O2S. The van der Waals surface area contributed by atoms with Gasteiger partial charge in [0, 0.05) is 46.1 Å². The van der Waals surface area contributed by atoms with E-state index in [-0.39, 0.29) is 28.9 Å². The Bertz CT molecular complexity index is 1310. The van der Waals surface area contributed by atoms with Gasteiger partial charge in [0.25, 0.3) is 11.5 Å². The highest BCUT2D eigenvalue weighted by molar-refractivity contribution is 7.99. The molecule has 0 bridgehead atoms. The molecule has 0 atom stereocenters. The Balaban J connectivity index is 1.69. The fraction of sp³-hybridized carbons (Fsp3) is 0.346. The average molecular weight is 515 g/mol. The molecule has 0 radical (unpaired) electrons. The van der Waals surface area contributed by atoms with Crippen LogP contribution in [0, 0.1) is 12.7 Å². The fourth-order valence-electron chi connectivity index (χ4n) is 3.85. The standard InChI is InChI=1S/C26H28ClFN4O2S/c1-16-20(28)14-17(24(33)30-18-8-9-18)15-21(16)32-12-11-29-23(25(32)34)31-26(2,3)19-6-4-5-7-22(19)35-13-10-27/h4-7,11-12,14-15,18H,8-10,13H2,1-3H3,(H,29,31)(H,30,33). The van der Waals surface area contributed by atoms with Gasteiger partial charge in [-0.1, -0.05) is 18.2 Å². The van der Waals surface area contributed by atoms with Crippen LogP contribution >= 0.6 is 23.4 Å². The minimum absolute atomic E-state index is 0.127. The Hall–Kier alpha value is -2.84. The lowest BCUT2D eigenvalue weighted by Gasteiger charge is -2.29. The first-order valence-electron chi connectivity index (χ1n) is 11.5. The second-order valence-electron chi connectivity index (χ2n) is 9.08. The number of halogens is 2. The van der Waals surface area contributed by atoms with Crippen molar-refractivity contribution in [1.29, 1.82) is 0 Å². The smallest absolute Gasteiger partial charge is 0.297 e. The highest BCUT2D eigenvalue weighted by Crippen LogP contribution is 2.33. The van der Waals surface area contributed by atoms with Gasteiger partial charge in [-0.05, 0) is 57.4 Å². The lowest BCUT2D eigenvalue weighted by atomic mass is 9.94. The fourth-order valence-corrected chi connectivity index (χ4v) is 5.03. The van der Waals surface area contributed by atoms with Crippen molar-refractivity contribution in [2.24, 2.45) is 0 Å². The number of hydrogen-bond donors (Lipinski definition) is 2. The molecule has 184 valence electrons. The predicted molar refractivity (Wildman–Crippen MR) is 140 cm³/mol. The quantitative estimate of drug-likeness (QED) is 0.301. The second kappa shape index (κ2) is 10.4. The summed E-state index contributed by atoms with van der Waals surface area (Å²) in [6.07, 6.45) is 4.82. The van der Waals surface area contributed by atoms with Crippen LogP contribution in [-0.4, -0.2) is 33.1 Å². The molecule has 1 amide bonds. The lowest BCUT2D eigenvalue weighted by molar-refractivity contribution is 0.0950. The maximum Gasteiger partial charge on any atom is 0.297 e. The van der Waals surface area contributed by atoms with Gasteiger partial charge in [0.1, 0.15) is 5.82 Å². The van der Waals surface area contributed by atoms with Crippen LogP contribution in [0.4, 0.5) is 10.2 Å². The van der Waals surface area contributed by atoms with Crippen LogP contribution in [0.15, 0.2) is 58.5 Å². The van der Waals surface area contributed by atoms with Crippen LogP contribution in [0.2, 0.25) is 0 Å². The number of thioether (sulfide) groups is 1. The third kappa shape index (κ3) is 5.70. The zero-order valence-electron chi connectivity index (χ0n) is 19.9. The van der Waals surface area contributed by atoms with E-state index in [0.717, 1.165) is 29.1 Å². The number of hydrogen-bond acceptors (Lipinski definition) is 5. The molecule has 35 heavy (non-hydrogen) atoms. The molecule has 0 spiro atoms. The number of nitrogens with one attached hydrogen (secondary N) is 2. The highest BCUT2D eigenvalue weighted by atomic mass is 35.5. The minimum atomic E-state index is -0.631. The monoisotopic (exact) mass is 514 g/mol. The number of anilines is 1. The molecule has 4 rings (SSSR count). The zero-order chi connectivity index (χ0) is 25.2. The molecule has 1 saturated carbocycles. The van der Waals surface area contributed by atoms with E-state index in [9.17, 15) is 14.0 Å². The van der Waals surface area contributed by atoms with E-state index in [1.54, 1.807) is 24.8 Å². The van der Waals surface area contributed by atoms with E-state index in [4.69, 9.17) is 11.6 Å². The Morgan fingerprint density at radius 3 is 2.74 bits per heavy atom. The van der Waals surface area contributed by atoms with Gasteiger partial charge in [-0.15, -0.1) is 23.4 Å². The van der Waals surface area contributed by atoms with Crippen LogP contribution in [0.3, 0.4) is 0 Å². The molecule has 6 nitrogen and oxygen atoms in total. The summed E-state index contributed by atoms with van der Waals surface area (Å²) in [4.78, 5) is 31.3. The van der Waals surface area contributed by atoms with Gasteiger partial charge < -0.3 is 10.6 Å². The van der Waals surface area contributed by atoms with Crippen molar-refractivity contribution < 1.29 is 9.18 Å². The first-order valence-corrected chi connectivity index (χ1v) is 13.0. The van der Waals surface area contributed by atoms with Gasteiger partial charge in [-0.25, -0.2) is 9.37 Å². The number of carbonyl (C=O) groups excluding carboxylic acids is 1. The van der Waals surface area contributed by atoms with Crippen molar-refractivity contribution in [3.63, 3.8) is 0 Å². The number of alkyl halides is 1. The molecule has 2 N–H and O–H groups in total. The molecule has 1 aliphatic carbocycles. The van der Waals surface area contributed by atoms with E-state index in [2.05, 4.69) is 15.6 Å². The predicted octanol–water partition coefficient (Wildman–Crippen LogP) is 5.25. The van der Waals surface area contributed by atoms with Crippen LogP contribution in [0.1, 0.15) is 48.2 Å². The number of benzene rings is 2. The van der Waals surface area contributed by atoms with E-state index in [1.807, 2.05) is 38.1 Å². The molecule has 9 heteroatoms. The summed E-state index contributed by atoms with van der Waals surface area (Å²) in [6.45, 7) is 5.53. The Kier molecular flexibility index (Phi) is 7.52. The maximum absolute atomic E-state index is 14.8. The SMILES string of the molecule is Cc1c(F)cc(C(=O)NC2CC2)cc1-n1ccnc(NC(C)(C)c2ccccc2SCCCl)c1=O. The van der Waals surface area contributed by atoms with Crippen molar-refractivity contribution in [2.45, 2.75) is 50.1 Å². The zero-order valence-corrected chi connectivity index (χ0v) is 21.5. The second-order valence-corrected chi connectivity index (χ2v) is 10.6. The first-order chi connectivity index (χ1) is 16.7. The van der Waals surface area contributed by atoms with E-state index in [1.165, 1.54) is 23.0 Å². The van der Waals surface area contributed by atoms with Gasteiger partial charge >= 0.3 is 0 Å². The van der Waals surface area contributed by atoms with Crippen molar-refractivity contribution in [3.8, 4) is 5.69 Å². The largest absolute Gasteiger partial charge is 0.356 e. The van der Waals surface area contributed by atoms with Crippen molar-refractivity contribution in [1.82, 2.24) is 14.9 Å². The first kappa shape index (κ1) is 25.3. The van der Waals surface area contributed by atoms with Crippen LogP contribution in [0.25, 0.3) is 5.69 Å². The van der Waals surface area contributed by atoms with Crippen LogP contribution in [-0.2, 0) is 5.54 Å². The number of amides is 1. The van der Waals surface area contributed by atoms with Gasteiger partial charge in [0.05, 0.1) is 11.2 Å². The third-order valence-corrected chi connectivity index (χ3v) is 7.41. The van der Waals surface area contributed by atoms with Crippen molar-refractivity contribution in [3.05, 3.63) is 81.7 Å².